The van der Waals surface area contributed by atoms with Gasteiger partial charge in [-0.2, -0.15) is 0 Å². The van der Waals surface area contributed by atoms with Crippen LogP contribution in [0.3, 0.4) is 0 Å². The van der Waals surface area contributed by atoms with Crippen molar-refractivity contribution in [1.29, 1.82) is 0 Å². The number of fused-ring (bicyclic) bond motifs is 1. The van der Waals surface area contributed by atoms with Gasteiger partial charge < -0.3 is 16.0 Å². The summed E-state index contributed by atoms with van der Waals surface area (Å²) in [6.07, 6.45) is 6.03. The summed E-state index contributed by atoms with van der Waals surface area (Å²) in [5.41, 5.74) is 6.77. The highest BCUT2D eigenvalue weighted by Crippen LogP contribution is 2.28. The molecule has 5 heteroatoms. The van der Waals surface area contributed by atoms with E-state index in [1.165, 1.54) is 6.08 Å². The van der Waals surface area contributed by atoms with E-state index in [1.54, 1.807) is 12.3 Å². The van der Waals surface area contributed by atoms with E-state index in [1.807, 2.05) is 31.2 Å². The van der Waals surface area contributed by atoms with Gasteiger partial charge in [-0.15, -0.1) is 0 Å². The molecule has 0 radical (unpaired) electrons. The third-order valence-corrected chi connectivity index (χ3v) is 3.85. The zero-order valence-electron chi connectivity index (χ0n) is 12.6. The highest BCUT2D eigenvalue weighted by Gasteiger charge is 2.21. The predicted molar refractivity (Wildman–Crippen MR) is 90.0 cm³/mol. The summed E-state index contributed by atoms with van der Waals surface area (Å²) in [5, 5.41) is 4.99. The third-order valence-electron chi connectivity index (χ3n) is 3.85. The number of carbonyl (C=O) groups is 1. The molecule has 3 rings (SSSR count). The number of hydrogen-bond donors (Lipinski definition) is 2. The lowest BCUT2D eigenvalue weighted by atomic mass is 10.1. The number of pyridine rings is 1. The lowest BCUT2D eigenvalue weighted by molar-refractivity contribution is -0.111. The summed E-state index contributed by atoms with van der Waals surface area (Å²) in [6, 6.07) is 8.06. The molecule has 0 saturated carbocycles. The summed E-state index contributed by atoms with van der Waals surface area (Å²) in [7, 11) is 0. The molecule has 0 bridgehead atoms. The van der Waals surface area contributed by atoms with Gasteiger partial charge in [0.2, 0.25) is 5.91 Å². The molecule has 1 amide bonds. The zero-order chi connectivity index (χ0) is 15.5. The molecule has 1 aliphatic rings. The van der Waals surface area contributed by atoms with Crippen molar-refractivity contribution in [2.45, 2.75) is 19.4 Å². The van der Waals surface area contributed by atoms with Crippen LogP contribution in [0.4, 0.5) is 11.5 Å². The maximum absolute atomic E-state index is 11.6. The van der Waals surface area contributed by atoms with Gasteiger partial charge in [-0.25, -0.2) is 4.98 Å². The van der Waals surface area contributed by atoms with Gasteiger partial charge in [0, 0.05) is 36.4 Å². The molecule has 22 heavy (non-hydrogen) atoms. The van der Waals surface area contributed by atoms with Gasteiger partial charge in [0.25, 0.3) is 0 Å². The van der Waals surface area contributed by atoms with Gasteiger partial charge in [0.05, 0.1) is 0 Å². The minimum absolute atomic E-state index is 0.123. The fourth-order valence-corrected chi connectivity index (χ4v) is 2.81. The maximum Gasteiger partial charge on any atom is 0.248 e. The molecule has 1 aromatic heterocycles. The van der Waals surface area contributed by atoms with Crippen molar-refractivity contribution in [3.05, 3.63) is 42.6 Å². The van der Waals surface area contributed by atoms with E-state index in [0.717, 1.165) is 41.8 Å². The van der Waals surface area contributed by atoms with Crippen LogP contribution in [0, 0.1) is 0 Å². The minimum Gasteiger partial charge on any atom is -0.354 e. The van der Waals surface area contributed by atoms with Crippen LogP contribution < -0.4 is 16.0 Å². The summed E-state index contributed by atoms with van der Waals surface area (Å²) in [5.74, 6) is 0.846. The Morgan fingerprint density at radius 1 is 1.45 bits per heavy atom. The first-order valence-corrected chi connectivity index (χ1v) is 7.50. The lowest BCUT2D eigenvalue weighted by Gasteiger charge is -2.19. The maximum atomic E-state index is 11.6. The molecule has 114 valence electrons. The average Bonchev–Trinajstić information content (AvgIpc) is 2.93. The number of allylic oxidation sites excluding steroid dienone is 1. The smallest absolute Gasteiger partial charge is 0.248 e. The zero-order valence-corrected chi connectivity index (χ0v) is 12.6. The topological polar surface area (TPSA) is 71.2 Å². The first-order valence-electron chi connectivity index (χ1n) is 7.50. The molecule has 5 nitrogen and oxygen atoms in total. The number of rotatable bonds is 3. The van der Waals surface area contributed by atoms with E-state index in [2.05, 4.69) is 15.2 Å². The molecule has 1 fully saturated rings. The van der Waals surface area contributed by atoms with E-state index in [4.69, 9.17) is 5.73 Å². The van der Waals surface area contributed by atoms with E-state index in [0.29, 0.717) is 0 Å². The van der Waals surface area contributed by atoms with Gasteiger partial charge in [-0.05, 0) is 49.1 Å². The highest BCUT2D eigenvalue weighted by atomic mass is 16.1. The lowest BCUT2D eigenvalue weighted by Crippen LogP contribution is -2.26. The van der Waals surface area contributed by atoms with Gasteiger partial charge in [0.15, 0.2) is 0 Å². The molecular weight excluding hydrogens is 276 g/mol. The Balaban J connectivity index is 1.92. The Kier molecular flexibility index (Phi) is 4.06. The van der Waals surface area contributed by atoms with Crippen LogP contribution >= 0.6 is 0 Å². The summed E-state index contributed by atoms with van der Waals surface area (Å²) >= 11 is 0. The molecule has 1 saturated heterocycles. The van der Waals surface area contributed by atoms with Crippen molar-refractivity contribution in [2.24, 2.45) is 5.73 Å². The fourth-order valence-electron chi connectivity index (χ4n) is 2.81. The number of carbonyl (C=O) groups excluding carboxylic acids is 1. The van der Waals surface area contributed by atoms with Crippen molar-refractivity contribution in [3.63, 3.8) is 0 Å². The summed E-state index contributed by atoms with van der Waals surface area (Å²) in [6.45, 7) is 3.59. The molecular formula is C17H20N4O. The Morgan fingerprint density at radius 2 is 2.32 bits per heavy atom. The average molecular weight is 296 g/mol. The van der Waals surface area contributed by atoms with E-state index < -0.39 is 0 Å². The van der Waals surface area contributed by atoms with Crippen molar-refractivity contribution >= 4 is 28.2 Å². The molecule has 0 aliphatic carbocycles. The van der Waals surface area contributed by atoms with E-state index in [-0.39, 0.29) is 11.9 Å². The quantitative estimate of drug-likeness (QED) is 0.853. The molecule has 1 unspecified atom stereocenters. The molecule has 2 aromatic rings. The van der Waals surface area contributed by atoms with Crippen molar-refractivity contribution in [2.75, 3.05) is 23.3 Å². The number of nitrogens with two attached hydrogens (primary N) is 1. The van der Waals surface area contributed by atoms with Crippen LogP contribution in [0.1, 0.15) is 13.3 Å². The fraction of sp³-hybridized carbons (Fsp3) is 0.294. The predicted octanol–water partition coefficient (Wildman–Crippen LogP) is 2.29. The number of benzene rings is 1. The normalized spacial score (nSPS) is 18.3. The van der Waals surface area contributed by atoms with Crippen LogP contribution in [-0.4, -0.2) is 30.0 Å². The van der Waals surface area contributed by atoms with Gasteiger partial charge in [-0.1, -0.05) is 6.08 Å². The van der Waals surface area contributed by atoms with Crippen LogP contribution in [0.5, 0.6) is 0 Å². The van der Waals surface area contributed by atoms with Gasteiger partial charge in [-0.3, -0.25) is 4.79 Å². The third kappa shape index (κ3) is 2.94. The van der Waals surface area contributed by atoms with Gasteiger partial charge >= 0.3 is 0 Å². The van der Waals surface area contributed by atoms with Crippen LogP contribution in [0.2, 0.25) is 0 Å². The number of aromatic nitrogens is 1. The van der Waals surface area contributed by atoms with Crippen LogP contribution in [-0.2, 0) is 4.79 Å². The summed E-state index contributed by atoms with van der Waals surface area (Å²) < 4.78 is 0. The minimum atomic E-state index is -0.123. The number of nitrogens with one attached hydrogen (secondary N) is 1. The van der Waals surface area contributed by atoms with Crippen LogP contribution in [0.15, 0.2) is 42.6 Å². The number of nitrogens with zero attached hydrogens (tertiary/aromatic N) is 2. The van der Waals surface area contributed by atoms with Gasteiger partial charge in [0.1, 0.15) is 5.82 Å². The molecule has 1 aromatic carbocycles. The van der Waals surface area contributed by atoms with Crippen molar-refractivity contribution in [1.82, 2.24) is 4.98 Å². The van der Waals surface area contributed by atoms with Crippen molar-refractivity contribution in [3.8, 4) is 0 Å². The van der Waals surface area contributed by atoms with E-state index >= 15 is 0 Å². The Hall–Kier alpha value is -2.40. The second-order valence-electron chi connectivity index (χ2n) is 5.55. The molecule has 1 atom stereocenters. The number of hydrogen-bond acceptors (Lipinski definition) is 4. The Morgan fingerprint density at radius 3 is 3.05 bits per heavy atom. The largest absolute Gasteiger partial charge is 0.354 e. The second kappa shape index (κ2) is 6.15. The molecule has 0 spiro atoms. The second-order valence-corrected chi connectivity index (χ2v) is 5.55. The first kappa shape index (κ1) is 14.5. The molecule has 2 heterocycles. The number of anilines is 2. The monoisotopic (exact) mass is 296 g/mol. The Bertz CT molecular complexity index is 726. The first-order chi connectivity index (χ1) is 10.7. The highest BCUT2D eigenvalue weighted by molar-refractivity contribution is 6.02. The summed E-state index contributed by atoms with van der Waals surface area (Å²) in [4.78, 5) is 18.4. The molecule has 3 N–H and O–H groups in total. The van der Waals surface area contributed by atoms with Crippen LogP contribution in [0.25, 0.3) is 10.8 Å². The van der Waals surface area contributed by atoms with Crippen molar-refractivity contribution < 1.29 is 4.79 Å². The standard InChI is InChI=1S/C17H20N4O/c1-2-3-16(22)20-14-4-5-15-12(10-14)6-8-19-17(15)21-9-7-13(18)11-21/h2-6,8,10,13H,7,9,11,18H2,1H3,(H,20,22). The molecule has 1 aliphatic heterocycles. The SMILES string of the molecule is CC=CC(=O)Nc1ccc2c(N3CCC(N)C3)nccc2c1. The Labute approximate surface area is 129 Å². The number of amides is 1. The van der Waals surface area contributed by atoms with E-state index in [9.17, 15) is 4.79 Å².